The highest BCUT2D eigenvalue weighted by atomic mass is 32.2. The van der Waals surface area contributed by atoms with Gasteiger partial charge in [0.2, 0.25) is 5.09 Å². The van der Waals surface area contributed by atoms with E-state index in [0.717, 1.165) is 5.56 Å². The molecular formula is C18H21N5O4S. The zero-order chi connectivity index (χ0) is 20.4. The van der Waals surface area contributed by atoms with Crippen molar-refractivity contribution in [2.24, 2.45) is 0 Å². The zero-order valence-corrected chi connectivity index (χ0v) is 16.5. The summed E-state index contributed by atoms with van der Waals surface area (Å²) in [4.78, 5) is 16.5. The van der Waals surface area contributed by atoms with E-state index in [1.54, 1.807) is 62.2 Å². The fourth-order valence-corrected chi connectivity index (χ4v) is 3.76. The van der Waals surface area contributed by atoms with E-state index in [2.05, 4.69) is 20.1 Å². The second-order valence-corrected chi connectivity index (χ2v) is 8.74. The van der Waals surface area contributed by atoms with Gasteiger partial charge in [-0.3, -0.25) is 4.79 Å². The summed E-state index contributed by atoms with van der Waals surface area (Å²) < 4.78 is 33.8. The molecule has 3 rings (SSSR count). The summed E-state index contributed by atoms with van der Waals surface area (Å²) in [6.45, 7) is 5.37. The van der Waals surface area contributed by atoms with Crippen LogP contribution in [0.3, 0.4) is 0 Å². The molecule has 0 aliphatic heterocycles. The Balaban J connectivity index is 1.67. The van der Waals surface area contributed by atoms with Crippen LogP contribution in [0.5, 0.6) is 0 Å². The number of nitrogens with one attached hydrogen (secondary N) is 2. The molecule has 0 atom stereocenters. The molecule has 0 bridgehead atoms. The maximum absolute atomic E-state index is 12.3. The van der Waals surface area contributed by atoms with Gasteiger partial charge in [-0.05, 0) is 56.7 Å². The van der Waals surface area contributed by atoms with E-state index in [4.69, 9.17) is 4.42 Å². The van der Waals surface area contributed by atoms with Crippen LogP contribution in [0.2, 0.25) is 0 Å². The number of carbonyl (C=O) groups excluding carboxylic acids is 1. The maximum Gasteiger partial charge on any atom is 0.287 e. The monoisotopic (exact) mass is 403 g/mol. The van der Waals surface area contributed by atoms with Crippen LogP contribution in [0.15, 0.2) is 58.4 Å². The number of rotatable bonds is 6. The van der Waals surface area contributed by atoms with Gasteiger partial charge in [0, 0.05) is 30.7 Å². The average molecular weight is 403 g/mol. The second kappa shape index (κ2) is 7.56. The van der Waals surface area contributed by atoms with Gasteiger partial charge in [0.1, 0.15) is 0 Å². The van der Waals surface area contributed by atoms with Crippen molar-refractivity contribution in [1.29, 1.82) is 0 Å². The van der Waals surface area contributed by atoms with E-state index in [1.165, 1.54) is 12.1 Å². The normalized spacial score (nSPS) is 12.1. The van der Waals surface area contributed by atoms with Crippen molar-refractivity contribution in [2.45, 2.75) is 37.9 Å². The van der Waals surface area contributed by atoms with Gasteiger partial charge < -0.3 is 9.73 Å². The van der Waals surface area contributed by atoms with Crippen LogP contribution in [-0.2, 0) is 16.6 Å². The van der Waals surface area contributed by atoms with Crippen LogP contribution in [0.1, 0.15) is 36.9 Å². The molecule has 0 radical (unpaired) electrons. The van der Waals surface area contributed by atoms with Gasteiger partial charge in [0.05, 0.1) is 0 Å². The Labute approximate surface area is 162 Å². The Morgan fingerprint density at radius 3 is 2.68 bits per heavy atom. The number of hydrogen-bond acceptors (Lipinski definition) is 6. The first-order valence-corrected chi connectivity index (χ1v) is 9.99. The molecule has 0 aromatic carbocycles. The molecule has 0 aliphatic rings. The predicted molar refractivity (Wildman–Crippen MR) is 101 cm³/mol. The molecule has 1 amide bonds. The number of hydrogen-bond donors (Lipinski definition) is 2. The number of aromatic nitrogens is 3. The summed E-state index contributed by atoms with van der Waals surface area (Å²) in [6.07, 6.45) is 5.03. The second-order valence-electron chi connectivity index (χ2n) is 7.13. The minimum atomic E-state index is -3.84. The van der Waals surface area contributed by atoms with E-state index in [9.17, 15) is 13.2 Å². The third-order valence-corrected chi connectivity index (χ3v) is 5.14. The molecule has 3 heterocycles. The van der Waals surface area contributed by atoms with E-state index >= 15 is 0 Å². The Morgan fingerprint density at radius 1 is 1.21 bits per heavy atom. The van der Waals surface area contributed by atoms with Crippen LogP contribution >= 0.6 is 0 Å². The first-order chi connectivity index (χ1) is 13.1. The van der Waals surface area contributed by atoms with Crippen LogP contribution in [-0.4, -0.2) is 34.6 Å². The summed E-state index contributed by atoms with van der Waals surface area (Å²) in [5, 5.41) is 6.50. The lowest BCUT2D eigenvalue weighted by Gasteiger charge is -2.18. The summed E-state index contributed by atoms with van der Waals surface area (Å²) in [5.41, 5.74) is 0.143. The number of sulfonamides is 1. The maximum atomic E-state index is 12.3. The first kappa shape index (κ1) is 19.8. The van der Waals surface area contributed by atoms with E-state index in [0.29, 0.717) is 5.82 Å². The van der Waals surface area contributed by atoms with Crippen molar-refractivity contribution in [2.75, 3.05) is 0 Å². The van der Waals surface area contributed by atoms with Crippen molar-refractivity contribution >= 4 is 15.9 Å². The number of nitrogens with zero attached hydrogens (tertiary/aromatic N) is 3. The third kappa shape index (κ3) is 4.84. The van der Waals surface area contributed by atoms with Gasteiger partial charge in [0.15, 0.2) is 11.6 Å². The molecule has 0 saturated carbocycles. The van der Waals surface area contributed by atoms with Crippen LogP contribution in [0.25, 0.3) is 5.82 Å². The summed E-state index contributed by atoms with van der Waals surface area (Å²) in [5.74, 6) is 0.0154. The minimum absolute atomic E-state index is 0.0874. The van der Waals surface area contributed by atoms with E-state index in [-0.39, 0.29) is 17.4 Å². The van der Waals surface area contributed by atoms with E-state index in [1.807, 2.05) is 0 Å². The molecular weight excluding hydrogens is 382 g/mol. The molecule has 148 valence electrons. The van der Waals surface area contributed by atoms with Crippen molar-refractivity contribution in [3.63, 3.8) is 0 Å². The molecule has 0 saturated heterocycles. The largest absolute Gasteiger partial charge is 0.438 e. The van der Waals surface area contributed by atoms with Gasteiger partial charge in [-0.1, -0.05) is 0 Å². The number of amides is 1. The quantitative estimate of drug-likeness (QED) is 0.648. The molecule has 3 aromatic heterocycles. The van der Waals surface area contributed by atoms with Gasteiger partial charge in [-0.15, -0.1) is 0 Å². The molecule has 9 nitrogen and oxygen atoms in total. The average Bonchev–Trinajstić information content (AvgIpc) is 3.29. The minimum Gasteiger partial charge on any atom is -0.438 e. The smallest absolute Gasteiger partial charge is 0.287 e. The lowest BCUT2D eigenvalue weighted by Crippen LogP contribution is -2.40. The van der Waals surface area contributed by atoms with Crippen LogP contribution in [0.4, 0.5) is 0 Å². The van der Waals surface area contributed by atoms with Crippen molar-refractivity contribution in [1.82, 2.24) is 24.8 Å². The fraction of sp³-hybridized carbons (Fsp3) is 0.278. The number of pyridine rings is 1. The molecule has 3 aromatic rings. The van der Waals surface area contributed by atoms with Gasteiger partial charge in [0.25, 0.3) is 15.9 Å². The highest BCUT2D eigenvalue weighted by Crippen LogP contribution is 2.16. The van der Waals surface area contributed by atoms with Crippen molar-refractivity contribution in [3.8, 4) is 5.82 Å². The number of carbonyl (C=O) groups is 1. The highest BCUT2D eigenvalue weighted by molar-refractivity contribution is 7.89. The summed E-state index contributed by atoms with van der Waals surface area (Å²) in [6, 6.07) is 7.92. The molecule has 2 N–H and O–H groups in total. The number of furan rings is 1. The standard InChI is InChI=1S/C18H21N5O4S/c1-18(2,3)22-28(25,26)16-6-5-14(27-16)17(24)20-12-13-7-9-19-15(11-13)23-10-4-8-21-23/h4-11,22H,12H2,1-3H3,(H,20,24). The summed E-state index contributed by atoms with van der Waals surface area (Å²) in [7, 11) is -3.84. The molecule has 0 unspecified atom stereocenters. The van der Waals surface area contributed by atoms with Crippen LogP contribution in [0, 0.1) is 0 Å². The third-order valence-electron chi connectivity index (χ3n) is 3.51. The summed E-state index contributed by atoms with van der Waals surface area (Å²) >= 11 is 0. The van der Waals surface area contributed by atoms with Crippen molar-refractivity contribution in [3.05, 3.63) is 60.2 Å². The predicted octanol–water partition coefficient (Wildman–Crippen LogP) is 1.87. The SMILES string of the molecule is CC(C)(C)NS(=O)(=O)c1ccc(C(=O)NCc2ccnc(-n3cccn3)c2)o1. The Kier molecular flexibility index (Phi) is 5.34. The van der Waals surface area contributed by atoms with Gasteiger partial charge in [-0.2, -0.15) is 5.10 Å². The lowest BCUT2D eigenvalue weighted by atomic mass is 10.1. The Bertz CT molecular complexity index is 1070. The molecule has 10 heteroatoms. The fourth-order valence-electron chi connectivity index (χ4n) is 2.41. The topological polar surface area (TPSA) is 119 Å². The van der Waals surface area contributed by atoms with Crippen molar-refractivity contribution < 1.29 is 17.6 Å². The van der Waals surface area contributed by atoms with Crippen LogP contribution < -0.4 is 10.0 Å². The van der Waals surface area contributed by atoms with Gasteiger partial charge in [-0.25, -0.2) is 22.8 Å². The zero-order valence-electron chi connectivity index (χ0n) is 15.7. The highest BCUT2D eigenvalue weighted by Gasteiger charge is 2.26. The molecule has 28 heavy (non-hydrogen) atoms. The van der Waals surface area contributed by atoms with Gasteiger partial charge >= 0.3 is 0 Å². The molecule has 0 fully saturated rings. The van der Waals surface area contributed by atoms with E-state index < -0.39 is 21.5 Å². The molecule has 0 spiro atoms. The first-order valence-electron chi connectivity index (χ1n) is 8.51. The lowest BCUT2D eigenvalue weighted by molar-refractivity contribution is 0.0917. The Morgan fingerprint density at radius 2 is 2.00 bits per heavy atom. The molecule has 0 aliphatic carbocycles. The Hall–Kier alpha value is -2.98.